The van der Waals surface area contributed by atoms with E-state index in [9.17, 15) is 9.90 Å². The Morgan fingerprint density at radius 1 is 1.58 bits per heavy atom. The van der Waals surface area contributed by atoms with E-state index in [-0.39, 0.29) is 17.9 Å². The fourth-order valence-electron chi connectivity index (χ4n) is 2.70. The quantitative estimate of drug-likeness (QED) is 0.931. The molecule has 5 heteroatoms. The molecule has 0 bridgehead atoms. The van der Waals surface area contributed by atoms with Crippen molar-refractivity contribution in [3.05, 3.63) is 21.3 Å². The first-order valence-electron chi connectivity index (χ1n) is 6.59. The highest BCUT2D eigenvalue weighted by molar-refractivity contribution is 7.16. The fourth-order valence-corrected chi connectivity index (χ4v) is 3.80. The van der Waals surface area contributed by atoms with Crippen LogP contribution in [0.5, 0.6) is 0 Å². The predicted octanol–water partition coefficient (Wildman–Crippen LogP) is 3.27. The first-order chi connectivity index (χ1) is 8.80. The van der Waals surface area contributed by atoms with E-state index < -0.39 is 5.60 Å². The van der Waals surface area contributed by atoms with Crippen LogP contribution in [0.25, 0.3) is 0 Å². The minimum Gasteiger partial charge on any atom is -0.388 e. The number of rotatable bonds is 3. The summed E-state index contributed by atoms with van der Waals surface area (Å²) in [6.07, 6.45) is 1.82. The van der Waals surface area contributed by atoms with Gasteiger partial charge < -0.3 is 10.0 Å². The molecule has 1 aliphatic rings. The number of halogens is 1. The van der Waals surface area contributed by atoms with Gasteiger partial charge in [-0.1, -0.05) is 11.6 Å². The molecule has 0 saturated carbocycles. The lowest BCUT2D eigenvalue weighted by Gasteiger charge is -2.35. The lowest BCUT2D eigenvalue weighted by atomic mass is 9.95. The minimum atomic E-state index is -0.848. The van der Waals surface area contributed by atoms with Crippen LogP contribution >= 0.6 is 22.9 Å². The van der Waals surface area contributed by atoms with Crippen LogP contribution in [0.4, 0.5) is 0 Å². The second kappa shape index (κ2) is 5.43. The molecule has 1 N–H and O–H groups in total. The van der Waals surface area contributed by atoms with Crippen molar-refractivity contribution in [2.45, 2.75) is 51.2 Å². The van der Waals surface area contributed by atoms with E-state index in [0.717, 1.165) is 24.3 Å². The van der Waals surface area contributed by atoms with Crippen LogP contribution in [0.1, 0.15) is 44.4 Å². The van der Waals surface area contributed by atoms with Gasteiger partial charge in [0.2, 0.25) is 5.91 Å². The monoisotopic (exact) mass is 301 g/mol. The molecule has 2 heterocycles. The average molecular weight is 302 g/mol. The van der Waals surface area contributed by atoms with Crippen LogP contribution in [-0.4, -0.2) is 34.1 Å². The second-order valence-corrected chi connectivity index (χ2v) is 7.45. The van der Waals surface area contributed by atoms with Crippen molar-refractivity contribution in [2.24, 2.45) is 0 Å². The van der Waals surface area contributed by atoms with Gasteiger partial charge in [0.15, 0.2) is 0 Å². The second-order valence-electron chi connectivity index (χ2n) is 5.71. The molecule has 0 radical (unpaired) electrons. The number of amides is 1. The van der Waals surface area contributed by atoms with Gasteiger partial charge >= 0.3 is 0 Å². The lowest BCUT2D eigenvalue weighted by molar-refractivity contribution is -0.137. The number of likely N-dealkylation sites (tertiary alicyclic amines) is 1. The Bertz CT molecular complexity index is 466. The largest absolute Gasteiger partial charge is 0.388 e. The van der Waals surface area contributed by atoms with E-state index >= 15 is 0 Å². The number of thiophene rings is 1. The molecule has 1 aromatic heterocycles. The molecular weight excluding hydrogens is 282 g/mol. The molecule has 1 amide bonds. The van der Waals surface area contributed by atoms with Gasteiger partial charge in [-0.2, -0.15) is 0 Å². The molecule has 0 unspecified atom stereocenters. The van der Waals surface area contributed by atoms with Gasteiger partial charge in [0, 0.05) is 11.4 Å². The highest BCUT2D eigenvalue weighted by atomic mass is 35.5. The molecular formula is C14H20ClNO2S. The van der Waals surface area contributed by atoms with E-state index in [4.69, 9.17) is 11.6 Å². The van der Waals surface area contributed by atoms with E-state index in [2.05, 4.69) is 0 Å². The summed E-state index contributed by atoms with van der Waals surface area (Å²) in [6.45, 7) is 6.19. The summed E-state index contributed by atoms with van der Waals surface area (Å²) < 4.78 is 0.704. The standard InChI is InChI=1S/C14H20ClNO2S/c1-9(10-6-7-12(15)19-10)13(17)16-8-4-5-11(16)14(2,3)18/h6-7,9,11,18H,4-5,8H2,1-3H3/t9-,11-/m0/s1. The third-order valence-corrected chi connectivity index (χ3v) is 5.16. The third kappa shape index (κ3) is 3.12. The molecule has 1 fully saturated rings. The van der Waals surface area contributed by atoms with Gasteiger partial charge in [-0.3, -0.25) is 4.79 Å². The van der Waals surface area contributed by atoms with Crippen LogP contribution in [0, 0.1) is 0 Å². The van der Waals surface area contributed by atoms with Gasteiger partial charge in [0.1, 0.15) is 0 Å². The predicted molar refractivity (Wildman–Crippen MR) is 78.8 cm³/mol. The SMILES string of the molecule is C[C@H](C(=O)N1CCC[C@H]1C(C)(C)O)c1ccc(Cl)s1. The molecule has 19 heavy (non-hydrogen) atoms. The summed E-state index contributed by atoms with van der Waals surface area (Å²) in [5.41, 5.74) is -0.848. The molecule has 1 aromatic rings. The van der Waals surface area contributed by atoms with Gasteiger partial charge in [-0.05, 0) is 45.7 Å². The van der Waals surface area contributed by atoms with Gasteiger partial charge in [0.05, 0.1) is 21.9 Å². The van der Waals surface area contributed by atoms with Crippen LogP contribution in [0.2, 0.25) is 4.34 Å². The van der Waals surface area contributed by atoms with Crippen LogP contribution in [0.3, 0.4) is 0 Å². The number of carbonyl (C=O) groups is 1. The Morgan fingerprint density at radius 3 is 2.79 bits per heavy atom. The molecule has 1 saturated heterocycles. The maximum Gasteiger partial charge on any atom is 0.231 e. The van der Waals surface area contributed by atoms with Crippen LogP contribution in [0.15, 0.2) is 12.1 Å². The zero-order chi connectivity index (χ0) is 14.2. The van der Waals surface area contributed by atoms with E-state index in [1.165, 1.54) is 11.3 Å². The summed E-state index contributed by atoms with van der Waals surface area (Å²) in [6, 6.07) is 3.64. The van der Waals surface area contributed by atoms with Gasteiger partial charge in [-0.25, -0.2) is 0 Å². The van der Waals surface area contributed by atoms with Gasteiger partial charge in [-0.15, -0.1) is 11.3 Å². The maximum atomic E-state index is 12.6. The number of nitrogens with zero attached hydrogens (tertiary/aromatic N) is 1. The van der Waals surface area contributed by atoms with Crippen molar-refractivity contribution in [3.63, 3.8) is 0 Å². The Morgan fingerprint density at radius 2 is 2.26 bits per heavy atom. The third-order valence-electron chi connectivity index (χ3n) is 3.74. The summed E-state index contributed by atoms with van der Waals surface area (Å²) in [5, 5.41) is 10.2. The normalized spacial score (nSPS) is 21.7. The lowest BCUT2D eigenvalue weighted by Crippen LogP contribution is -2.49. The minimum absolute atomic E-state index is 0.0853. The summed E-state index contributed by atoms with van der Waals surface area (Å²) in [4.78, 5) is 15.4. The van der Waals surface area contributed by atoms with Crippen molar-refractivity contribution in [2.75, 3.05) is 6.54 Å². The van der Waals surface area contributed by atoms with E-state index in [0.29, 0.717) is 4.34 Å². The number of hydrogen-bond donors (Lipinski definition) is 1. The maximum absolute atomic E-state index is 12.6. The number of hydrogen-bond acceptors (Lipinski definition) is 3. The molecule has 0 aromatic carbocycles. The first-order valence-corrected chi connectivity index (χ1v) is 7.78. The van der Waals surface area contributed by atoms with Crippen molar-refractivity contribution in [1.82, 2.24) is 4.90 Å². The molecule has 106 valence electrons. The highest BCUT2D eigenvalue weighted by Gasteiger charge is 2.40. The first kappa shape index (κ1) is 14.8. The average Bonchev–Trinajstić information content (AvgIpc) is 2.94. The fraction of sp³-hybridized carbons (Fsp3) is 0.643. The topological polar surface area (TPSA) is 40.5 Å². The molecule has 3 nitrogen and oxygen atoms in total. The molecule has 0 aliphatic carbocycles. The van der Waals surface area contributed by atoms with Crippen LogP contribution in [-0.2, 0) is 4.79 Å². The number of carbonyl (C=O) groups excluding carboxylic acids is 1. The summed E-state index contributed by atoms with van der Waals surface area (Å²) >= 11 is 7.37. The number of aliphatic hydroxyl groups is 1. The van der Waals surface area contributed by atoms with Crippen LogP contribution < -0.4 is 0 Å². The highest BCUT2D eigenvalue weighted by Crippen LogP contribution is 2.33. The van der Waals surface area contributed by atoms with Crippen molar-refractivity contribution in [1.29, 1.82) is 0 Å². The Balaban J connectivity index is 2.15. The van der Waals surface area contributed by atoms with Crippen molar-refractivity contribution >= 4 is 28.8 Å². The Kier molecular flexibility index (Phi) is 4.23. The van der Waals surface area contributed by atoms with E-state index in [1.54, 1.807) is 13.8 Å². The molecule has 2 atom stereocenters. The van der Waals surface area contributed by atoms with E-state index in [1.807, 2.05) is 24.0 Å². The Hall–Kier alpha value is -0.580. The zero-order valence-corrected chi connectivity index (χ0v) is 13.1. The summed E-state index contributed by atoms with van der Waals surface area (Å²) in [5.74, 6) is -0.108. The van der Waals surface area contributed by atoms with Gasteiger partial charge in [0.25, 0.3) is 0 Å². The Labute approximate surface area is 123 Å². The molecule has 1 aliphatic heterocycles. The van der Waals surface area contributed by atoms with Crippen molar-refractivity contribution < 1.29 is 9.90 Å². The molecule has 0 spiro atoms. The zero-order valence-electron chi connectivity index (χ0n) is 11.5. The van der Waals surface area contributed by atoms with Crippen molar-refractivity contribution in [3.8, 4) is 0 Å². The molecule has 2 rings (SSSR count). The summed E-state index contributed by atoms with van der Waals surface area (Å²) in [7, 11) is 0. The smallest absolute Gasteiger partial charge is 0.231 e.